The SMILES string of the molecule is CCCCNC(=O)[C@@H](C)N(Cc1ccccc1C)C(=O)CN(c1ccc(C)cc1C)S(=O)(=O)c1ccc(C)cc1. The highest BCUT2D eigenvalue weighted by Crippen LogP contribution is 2.28. The molecule has 0 radical (unpaired) electrons. The first-order valence-electron chi connectivity index (χ1n) is 13.7. The topological polar surface area (TPSA) is 86.8 Å². The molecule has 0 unspecified atom stereocenters. The van der Waals surface area contributed by atoms with Gasteiger partial charge in [-0.2, -0.15) is 0 Å². The Bertz CT molecular complexity index is 1430. The fourth-order valence-corrected chi connectivity index (χ4v) is 6.00. The lowest BCUT2D eigenvalue weighted by molar-refractivity contribution is -0.139. The van der Waals surface area contributed by atoms with Gasteiger partial charge in [0.1, 0.15) is 12.6 Å². The van der Waals surface area contributed by atoms with Gasteiger partial charge in [0.25, 0.3) is 10.0 Å². The first-order chi connectivity index (χ1) is 18.9. The molecule has 1 N–H and O–H groups in total. The first-order valence-corrected chi connectivity index (χ1v) is 15.2. The monoisotopic (exact) mass is 563 g/mol. The van der Waals surface area contributed by atoms with Crippen LogP contribution in [-0.2, 0) is 26.2 Å². The maximum atomic E-state index is 14.1. The minimum absolute atomic E-state index is 0.0988. The number of nitrogens with zero attached hydrogens (tertiary/aromatic N) is 2. The van der Waals surface area contributed by atoms with Crippen LogP contribution in [0.15, 0.2) is 71.6 Å². The number of hydrogen-bond donors (Lipinski definition) is 1. The molecule has 0 heterocycles. The Labute approximate surface area is 239 Å². The van der Waals surface area contributed by atoms with Gasteiger partial charge in [0.05, 0.1) is 10.6 Å². The normalized spacial score (nSPS) is 12.1. The van der Waals surface area contributed by atoms with Gasteiger partial charge in [0.15, 0.2) is 0 Å². The summed E-state index contributed by atoms with van der Waals surface area (Å²) in [5.74, 6) is -0.730. The van der Waals surface area contributed by atoms with Gasteiger partial charge in [-0.1, -0.05) is 73.0 Å². The molecule has 40 heavy (non-hydrogen) atoms. The van der Waals surface area contributed by atoms with Crippen LogP contribution < -0.4 is 9.62 Å². The molecule has 0 aromatic heterocycles. The molecule has 0 aliphatic carbocycles. The largest absolute Gasteiger partial charge is 0.354 e. The number of sulfonamides is 1. The zero-order valence-corrected chi connectivity index (χ0v) is 25.2. The quantitative estimate of drug-likeness (QED) is 0.297. The zero-order valence-electron chi connectivity index (χ0n) is 24.4. The van der Waals surface area contributed by atoms with Crippen LogP contribution in [0.25, 0.3) is 0 Å². The van der Waals surface area contributed by atoms with E-state index in [-0.39, 0.29) is 17.3 Å². The van der Waals surface area contributed by atoms with Crippen LogP contribution in [0.5, 0.6) is 0 Å². The Kier molecular flexibility index (Phi) is 10.5. The molecule has 3 rings (SSSR count). The molecule has 0 aliphatic heterocycles. The second kappa shape index (κ2) is 13.6. The minimum atomic E-state index is -4.09. The van der Waals surface area contributed by atoms with Crippen LogP contribution in [-0.4, -0.2) is 44.3 Å². The zero-order chi connectivity index (χ0) is 29.4. The van der Waals surface area contributed by atoms with Crippen molar-refractivity contribution in [1.29, 1.82) is 0 Å². The lowest BCUT2D eigenvalue weighted by Gasteiger charge is -2.32. The third kappa shape index (κ3) is 7.50. The van der Waals surface area contributed by atoms with Crippen molar-refractivity contribution in [3.63, 3.8) is 0 Å². The van der Waals surface area contributed by atoms with Crippen molar-refractivity contribution in [1.82, 2.24) is 10.2 Å². The number of carbonyl (C=O) groups excluding carboxylic acids is 2. The number of aryl methyl sites for hydroxylation is 4. The maximum Gasteiger partial charge on any atom is 0.264 e. The van der Waals surface area contributed by atoms with Crippen LogP contribution in [0.1, 0.15) is 54.5 Å². The number of benzene rings is 3. The molecule has 0 saturated carbocycles. The van der Waals surface area contributed by atoms with E-state index in [1.54, 1.807) is 37.3 Å². The standard InChI is InChI=1S/C32H41N3O4S/c1-7-8-19-33-32(37)27(6)34(21-28-12-10-9-11-25(28)4)31(36)22-35(30-18-15-24(3)20-26(30)5)40(38,39)29-16-13-23(2)14-17-29/h9-18,20,27H,7-8,19,21-22H2,1-6H3,(H,33,37)/t27-/m1/s1. The molecule has 2 amide bonds. The summed E-state index contributed by atoms with van der Waals surface area (Å²) in [4.78, 5) is 28.7. The van der Waals surface area contributed by atoms with E-state index in [1.165, 1.54) is 9.21 Å². The highest BCUT2D eigenvalue weighted by atomic mass is 32.2. The third-order valence-corrected chi connectivity index (χ3v) is 8.88. The van der Waals surface area contributed by atoms with E-state index < -0.39 is 28.5 Å². The van der Waals surface area contributed by atoms with Crippen molar-refractivity contribution < 1.29 is 18.0 Å². The molecule has 7 nitrogen and oxygen atoms in total. The molecule has 3 aromatic carbocycles. The Balaban J connectivity index is 2.04. The van der Waals surface area contributed by atoms with Crippen molar-refractivity contribution in [2.45, 2.75) is 71.9 Å². The lowest BCUT2D eigenvalue weighted by atomic mass is 10.1. The lowest BCUT2D eigenvalue weighted by Crippen LogP contribution is -2.51. The smallest absolute Gasteiger partial charge is 0.264 e. The third-order valence-electron chi connectivity index (χ3n) is 7.11. The van der Waals surface area contributed by atoms with E-state index in [2.05, 4.69) is 5.32 Å². The maximum absolute atomic E-state index is 14.1. The summed E-state index contributed by atoms with van der Waals surface area (Å²) in [6, 6.07) is 18.9. The van der Waals surface area contributed by atoms with Crippen molar-refractivity contribution in [2.75, 3.05) is 17.4 Å². The van der Waals surface area contributed by atoms with Gasteiger partial charge in [-0.15, -0.1) is 0 Å². The van der Waals surface area contributed by atoms with Crippen LogP contribution >= 0.6 is 0 Å². The van der Waals surface area contributed by atoms with E-state index in [0.29, 0.717) is 12.2 Å². The minimum Gasteiger partial charge on any atom is -0.354 e. The van der Waals surface area contributed by atoms with E-state index in [4.69, 9.17) is 0 Å². The average molecular weight is 564 g/mol. The van der Waals surface area contributed by atoms with Crippen LogP contribution in [0.3, 0.4) is 0 Å². The van der Waals surface area contributed by atoms with Crippen LogP contribution in [0.2, 0.25) is 0 Å². The van der Waals surface area contributed by atoms with Gasteiger partial charge in [0, 0.05) is 13.1 Å². The molecule has 214 valence electrons. The summed E-state index contributed by atoms with van der Waals surface area (Å²) >= 11 is 0. The summed E-state index contributed by atoms with van der Waals surface area (Å²) in [5, 5.41) is 2.92. The predicted molar refractivity (Wildman–Crippen MR) is 161 cm³/mol. The summed E-state index contributed by atoms with van der Waals surface area (Å²) < 4.78 is 29.2. The number of anilines is 1. The van der Waals surface area contributed by atoms with E-state index in [0.717, 1.165) is 40.7 Å². The second-order valence-corrected chi connectivity index (χ2v) is 12.2. The molecular formula is C32H41N3O4S. The van der Waals surface area contributed by atoms with E-state index in [9.17, 15) is 18.0 Å². The molecule has 3 aromatic rings. The van der Waals surface area contributed by atoms with Crippen molar-refractivity contribution in [2.24, 2.45) is 0 Å². The number of rotatable bonds is 12. The molecule has 1 atom stereocenters. The van der Waals surface area contributed by atoms with Crippen LogP contribution in [0.4, 0.5) is 5.69 Å². The molecule has 0 aliphatic rings. The number of hydrogen-bond acceptors (Lipinski definition) is 4. The molecule has 0 bridgehead atoms. The summed E-state index contributed by atoms with van der Waals surface area (Å²) in [6.07, 6.45) is 1.77. The van der Waals surface area contributed by atoms with E-state index in [1.807, 2.05) is 71.0 Å². The number of amides is 2. The Morgan fingerprint density at radius 2 is 1.52 bits per heavy atom. The molecule has 0 saturated heterocycles. The van der Waals surface area contributed by atoms with Gasteiger partial charge in [-0.3, -0.25) is 13.9 Å². The van der Waals surface area contributed by atoms with Crippen molar-refractivity contribution in [3.8, 4) is 0 Å². The van der Waals surface area contributed by atoms with Crippen molar-refractivity contribution >= 4 is 27.5 Å². The van der Waals surface area contributed by atoms with E-state index >= 15 is 0 Å². The highest BCUT2D eigenvalue weighted by Gasteiger charge is 2.33. The second-order valence-electron chi connectivity index (χ2n) is 10.4. The Morgan fingerprint density at radius 3 is 2.15 bits per heavy atom. The van der Waals surface area contributed by atoms with Crippen LogP contribution in [0, 0.1) is 27.7 Å². The predicted octanol–water partition coefficient (Wildman–Crippen LogP) is 5.45. The fourth-order valence-electron chi connectivity index (χ4n) is 4.53. The highest BCUT2D eigenvalue weighted by molar-refractivity contribution is 7.92. The Hall–Kier alpha value is -3.65. The molecule has 8 heteroatoms. The van der Waals surface area contributed by atoms with Gasteiger partial charge >= 0.3 is 0 Å². The Morgan fingerprint density at radius 1 is 0.875 bits per heavy atom. The summed E-state index contributed by atoms with van der Waals surface area (Å²) in [5.41, 5.74) is 4.95. The molecule has 0 spiro atoms. The molecule has 0 fully saturated rings. The number of unbranched alkanes of at least 4 members (excludes halogenated alkanes) is 1. The first kappa shape index (κ1) is 30.9. The summed E-state index contributed by atoms with van der Waals surface area (Å²) in [7, 11) is -4.09. The van der Waals surface area contributed by atoms with Gasteiger partial charge in [-0.25, -0.2) is 8.42 Å². The average Bonchev–Trinajstić information content (AvgIpc) is 2.91. The van der Waals surface area contributed by atoms with Gasteiger partial charge < -0.3 is 10.2 Å². The number of carbonyl (C=O) groups is 2. The van der Waals surface area contributed by atoms with Gasteiger partial charge in [0.2, 0.25) is 11.8 Å². The summed E-state index contributed by atoms with van der Waals surface area (Å²) in [6.45, 7) is 11.6. The van der Waals surface area contributed by atoms with Crippen molar-refractivity contribution in [3.05, 3.63) is 94.5 Å². The number of nitrogens with one attached hydrogen (secondary N) is 1. The fraction of sp³-hybridized carbons (Fsp3) is 0.375. The van der Waals surface area contributed by atoms with Gasteiger partial charge in [-0.05, 0) is 75.9 Å². The molecular weight excluding hydrogens is 522 g/mol.